The largest absolute Gasteiger partial charge is 0.379 e. The Bertz CT molecular complexity index is 408. The van der Waals surface area contributed by atoms with E-state index in [1.807, 2.05) is 6.92 Å². The van der Waals surface area contributed by atoms with Gasteiger partial charge in [-0.05, 0) is 36.9 Å². The molecular formula is C17H27NO2. The second-order valence-electron chi connectivity index (χ2n) is 5.41. The molecule has 0 aliphatic heterocycles. The molecule has 1 aromatic carbocycles. The Balaban J connectivity index is 2.08. The Labute approximate surface area is 122 Å². The van der Waals surface area contributed by atoms with Crippen LogP contribution >= 0.6 is 0 Å². The van der Waals surface area contributed by atoms with Gasteiger partial charge in [0.1, 0.15) is 0 Å². The standard InChI is InChI=1S/C17H27NO2/c1-4-18-17-15-9-7-6-8-14(15)13(3)12-16(17)20-11-10-19-5-2/h6-9,13,16-18H,4-5,10-12H2,1-3H3. The molecule has 0 fully saturated rings. The fourth-order valence-electron chi connectivity index (χ4n) is 3.08. The maximum Gasteiger partial charge on any atom is 0.0776 e. The zero-order valence-corrected chi connectivity index (χ0v) is 12.9. The minimum atomic E-state index is 0.236. The number of likely N-dealkylation sites (N-methyl/N-ethyl adjacent to an activating group) is 1. The van der Waals surface area contributed by atoms with E-state index < -0.39 is 0 Å². The van der Waals surface area contributed by atoms with Crippen molar-refractivity contribution >= 4 is 0 Å². The van der Waals surface area contributed by atoms with Gasteiger partial charge < -0.3 is 14.8 Å². The van der Waals surface area contributed by atoms with Gasteiger partial charge in [-0.25, -0.2) is 0 Å². The molecule has 0 aromatic heterocycles. The molecule has 0 spiro atoms. The molecule has 1 aliphatic rings. The summed E-state index contributed by atoms with van der Waals surface area (Å²) in [7, 11) is 0. The zero-order valence-electron chi connectivity index (χ0n) is 12.9. The number of hydrogen-bond donors (Lipinski definition) is 1. The van der Waals surface area contributed by atoms with E-state index in [1.54, 1.807) is 0 Å². The van der Waals surface area contributed by atoms with Crippen molar-refractivity contribution in [3.05, 3.63) is 35.4 Å². The van der Waals surface area contributed by atoms with Gasteiger partial charge in [-0.1, -0.05) is 38.1 Å². The van der Waals surface area contributed by atoms with Gasteiger partial charge in [0.25, 0.3) is 0 Å². The first-order valence-corrected chi connectivity index (χ1v) is 7.79. The molecule has 112 valence electrons. The van der Waals surface area contributed by atoms with Crippen LogP contribution in [0.25, 0.3) is 0 Å². The molecular weight excluding hydrogens is 250 g/mol. The Morgan fingerprint density at radius 1 is 1.15 bits per heavy atom. The van der Waals surface area contributed by atoms with Crippen molar-refractivity contribution in [1.82, 2.24) is 5.32 Å². The van der Waals surface area contributed by atoms with E-state index in [2.05, 4.69) is 43.4 Å². The highest BCUT2D eigenvalue weighted by molar-refractivity contribution is 5.36. The van der Waals surface area contributed by atoms with Gasteiger partial charge in [-0.15, -0.1) is 0 Å². The Morgan fingerprint density at radius 3 is 2.60 bits per heavy atom. The molecule has 3 atom stereocenters. The van der Waals surface area contributed by atoms with Gasteiger partial charge in [-0.2, -0.15) is 0 Å². The van der Waals surface area contributed by atoms with Gasteiger partial charge in [0, 0.05) is 6.61 Å². The van der Waals surface area contributed by atoms with Crippen molar-refractivity contribution in [1.29, 1.82) is 0 Å². The van der Waals surface area contributed by atoms with Gasteiger partial charge >= 0.3 is 0 Å². The molecule has 0 heterocycles. The molecule has 3 nitrogen and oxygen atoms in total. The minimum absolute atomic E-state index is 0.236. The maximum atomic E-state index is 6.09. The molecule has 3 unspecified atom stereocenters. The lowest BCUT2D eigenvalue weighted by molar-refractivity contribution is -0.0199. The Hall–Kier alpha value is -0.900. The van der Waals surface area contributed by atoms with E-state index in [0.717, 1.165) is 19.6 Å². The molecule has 20 heavy (non-hydrogen) atoms. The first-order chi connectivity index (χ1) is 9.77. The SMILES string of the molecule is CCNC1c2ccccc2C(C)CC1OCCOCC. The number of fused-ring (bicyclic) bond motifs is 1. The average Bonchev–Trinajstić information content (AvgIpc) is 2.47. The summed E-state index contributed by atoms with van der Waals surface area (Å²) in [6.07, 6.45) is 1.31. The Kier molecular flexibility index (Phi) is 6.02. The second-order valence-corrected chi connectivity index (χ2v) is 5.41. The van der Waals surface area contributed by atoms with Crippen LogP contribution in [0.15, 0.2) is 24.3 Å². The maximum absolute atomic E-state index is 6.09. The van der Waals surface area contributed by atoms with Crippen LogP contribution in [0.2, 0.25) is 0 Å². The van der Waals surface area contributed by atoms with Crippen molar-refractivity contribution in [2.75, 3.05) is 26.4 Å². The number of benzene rings is 1. The van der Waals surface area contributed by atoms with Gasteiger partial charge in [0.15, 0.2) is 0 Å². The predicted molar refractivity (Wildman–Crippen MR) is 82.1 cm³/mol. The predicted octanol–water partition coefficient (Wildman–Crippen LogP) is 3.27. The smallest absolute Gasteiger partial charge is 0.0776 e. The summed E-state index contributed by atoms with van der Waals surface area (Å²) in [6, 6.07) is 9.04. The molecule has 0 amide bonds. The highest BCUT2D eigenvalue weighted by Crippen LogP contribution is 2.38. The average molecular weight is 277 g/mol. The molecule has 0 saturated heterocycles. The number of nitrogens with one attached hydrogen (secondary N) is 1. The molecule has 2 rings (SSSR count). The summed E-state index contributed by atoms with van der Waals surface area (Å²) < 4.78 is 11.5. The van der Waals surface area contributed by atoms with E-state index in [0.29, 0.717) is 25.2 Å². The van der Waals surface area contributed by atoms with Crippen molar-refractivity contribution in [2.24, 2.45) is 0 Å². The summed E-state index contributed by atoms with van der Waals surface area (Å²) in [4.78, 5) is 0. The van der Waals surface area contributed by atoms with Crippen LogP contribution in [0, 0.1) is 0 Å². The lowest BCUT2D eigenvalue weighted by atomic mass is 9.79. The van der Waals surface area contributed by atoms with E-state index >= 15 is 0 Å². The third-order valence-electron chi connectivity index (χ3n) is 4.01. The van der Waals surface area contributed by atoms with Gasteiger partial charge in [-0.3, -0.25) is 0 Å². The minimum Gasteiger partial charge on any atom is -0.379 e. The first kappa shape index (κ1) is 15.5. The highest BCUT2D eigenvalue weighted by atomic mass is 16.5. The second kappa shape index (κ2) is 7.77. The summed E-state index contributed by atoms with van der Waals surface area (Å²) in [5.74, 6) is 0.554. The van der Waals surface area contributed by atoms with Crippen LogP contribution < -0.4 is 5.32 Å². The number of rotatable bonds is 7. The monoisotopic (exact) mass is 277 g/mol. The van der Waals surface area contributed by atoms with Gasteiger partial charge in [0.05, 0.1) is 25.4 Å². The third kappa shape index (κ3) is 3.60. The first-order valence-electron chi connectivity index (χ1n) is 7.79. The van der Waals surface area contributed by atoms with Crippen molar-refractivity contribution in [3.8, 4) is 0 Å². The lowest BCUT2D eigenvalue weighted by Gasteiger charge is -2.37. The topological polar surface area (TPSA) is 30.5 Å². The zero-order chi connectivity index (χ0) is 14.4. The fourth-order valence-corrected chi connectivity index (χ4v) is 3.08. The summed E-state index contributed by atoms with van der Waals surface area (Å²) in [5, 5.41) is 3.59. The molecule has 0 saturated carbocycles. The number of ether oxygens (including phenoxy) is 2. The van der Waals surface area contributed by atoms with E-state index in [-0.39, 0.29) is 6.10 Å². The van der Waals surface area contributed by atoms with E-state index in [9.17, 15) is 0 Å². The van der Waals surface area contributed by atoms with Crippen LogP contribution in [-0.2, 0) is 9.47 Å². The Morgan fingerprint density at radius 2 is 1.90 bits per heavy atom. The molecule has 1 aliphatic carbocycles. The summed E-state index contributed by atoms with van der Waals surface area (Å²) in [5.41, 5.74) is 2.86. The van der Waals surface area contributed by atoms with E-state index in [1.165, 1.54) is 11.1 Å². The fraction of sp³-hybridized carbons (Fsp3) is 0.647. The van der Waals surface area contributed by atoms with Crippen molar-refractivity contribution in [3.63, 3.8) is 0 Å². The summed E-state index contributed by atoms with van der Waals surface area (Å²) >= 11 is 0. The van der Waals surface area contributed by atoms with Crippen LogP contribution in [0.3, 0.4) is 0 Å². The van der Waals surface area contributed by atoms with E-state index in [4.69, 9.17) is 9.47 Å². The molecule has 0 radical (unpaired) electrons. The van der Waals surface area contributed by atoms with Crippen LogP contribution in [0.4, 0.5) is 0 Å². The molecule has 1 N–H and O–H groups in total. The van der Waals surface area contributed by atoms with Crippen LogP contribution in [-0.4, -0.2) is 32.5 Å². The lowest BCUT2D eigenvalue weighted by Crippen LogP contribution is -2.39. The van der Waals surface area contributed by atoms with Crippen LogP contribution in [0.1, 0.15) is 50.3 Å². The van der Waals surface area contributed by atoms with Gasteiger partial charge in [0.2, 0.25) is 0 Å². The molecule has 3 heteroatoms. The number of hydrogen-bond acceptors (Lipinski definition) is 3. The highest BCUT2D eigenvalue weighted by Gasteiger charge is 2.32. The molecule has 0 bridgehead atoms. The van der Waals surface area contributed by atoms with Crippen molar-refractivity contribution < 1.29 is 9.47 Å². The van der Waals surface area contributed by atoms with Crippen molar-refractivity contribution in [2.45, 2.75) is 45.3 Å². The van der Waals surface area contributed by atoms with Crippen LogP contribution in [0.5, 0.6) is 0 Å². The quantitative estimate of drug-likeness (QED) is 0.776. The third-order valence-corrected chi connectivity index (χ3v) is 4.01. The molecule has 1 aromatic rings. The summed E-state index contributed by atoms with van der Waals surface area (Å²) in [6.45, 7) is 9.53. The normalized spacial score (nSPS) is 25.4.